The van der Waals surface area contributed by atoms with E-state index in [1.165, 1.54) is 5.56 Å². The highest BCUT2D eigenvalue weighted by atomic mass is 16.5. The van der Waals surface area contributed by atoms with Gasteiger partial charge in [0.15, 0.2) is 0 Å². The zero-order chi connectivity index (χ0) is 20.3. The van der Waals surface area contributed by atoms with Gasteiger partial charge in [-0.25, -0.2) is 0 Å². The maximum Gasteiger partial charge on any atom is 0.238 e. The fourth-order valence-electron chi connectivity index (χ4n) is 4.21. The van der Waals surface area contributed by atoms with Crippen LogP contribution in [0.15, 0.2) is 30.3 Å². The third-order valence-corrected chi connectivity index (χ3v) is 5.45. The predicted octanol–water partition coefficient (Wildman–Crippen LogP) is 4.40. The highest BCUT2D eigenvalue weighted by Gasteiger charge is 2.30. The van der Waals surface area contributed by atoms with Crippen LogP contribution in [0.5, 0.6) is 11.5 Å². The van der Waals surface area contributed by atoms with Gasteiger partial charge in [-0.2, -0.15) is 0 Å². The van der Waals surface area contributed by atoms with Crippen molar-refractivity contribution in [3.63, 3.8) is 0 Å². The van der Waals surface area contributed by atoms with Gasteiger partial charge in [-0.3, -0.25) is 9.69 Å². The minimum atomic E-state index is 0.0174. The van der Waals surface area contributed by atoms with E-state index < -0.39 is 0 Å². The molecule has 0 bridgehead atoms. The summed E-state index contributed by atoms with van der Waals surface area (Å²) in [6.07, 6.45) is 2.06. The Morgan fingerprint density at radius 1 is 1.11 bits per heavy atom. The first kappa shape index (κ1) is 20.2. The van der Waals surface area contributed by atoms with Crippen LogP contribution in [0, 0.1) is 20.8 Å². The second kappa shape index (κ2) is 8.65. The smallest absolute Gasteiger partial charge is 0.238 e. The number of nitrogens with zero attached hydrogens (tertiary/aromatic N) is 1. The van der Waals surface area contributed by atoms with Gasteiger partial charge in [0.2, 0.25) is 5.91 Å². The molecule has 0 saturated carbocycles. The van der Waals surface area contributed by atoms with Gasteiger partial charge in [0, 0.05) is 17.3 Å². The van der Waals surface area contributed by atoms with E-state index in [-0.39, 0.29) is 11.9 Å². The van der Waals surface area contributed by atoms with Crippen molar-refractivity contribution < 1.29 is 14.3 Å². The minimum Gasteiger partial charge on any atom is -0.497 e. The second-order valence-electron chi connectivity index (χ2n) is 7.56. The lowest BCUT2D eigenvalue weighted by Gasteiger charge is -2.26. The van der Waals surface area contributed by atoms with Crippen LogP contribution in [-0.2, 0) is 4.79 Å². The van der Waals surface area contributed by atoms with E-state index in [9.17, 15) is 4.79 Å². The van der Waals surface area contributed by atoms with Crippen LogP contribution in [0.3, 0.4) is 0 Å². The molecule has 5 heteroatoms. The maximum absolute atomic E-state index is 12.8. The number of anilines is 1. The molecule has 2 aromatic rings. The third kappa shape index (κ3) is 4.30. The number of carbonyl (C=O) groups is 1. The number of amides is 1. The average molecular weight is 383 g/mol. The number of hydrogen-bond donors (Lipinski definition) is 1. The largest absolute Gasteiger partial charge is 0.497 e. The Morgan fingerprint density at radius 2 is 1.82 bits per heavy atom. The van der Waals surface area contributed by atoms with Crippen molar-refractivity contribution in [3.8, 4) is 11.5 Å². The molecule has 1 aliphatic heterocycles. The Morgan fingerprint density at radius 3 is 2.46 bits per heavy atom. The van der Waals surface area contributed by atoms with Gasteiger partial charge in [0.05, 0.1) is 20.8 Å². The molecule has 28 heavy (non-hydrogen) atoms. The average Bonchev–Trinajstić information content (AvgIpc) is 3.11. The quantitative estimate of drug-likeness (QED) is 0.804. The topological polar surface area (TPSA) is 50.8 Å². The molecule has 1 saturated heterocycles. The van der Waals surface area contributed by atoms with Gasteiger partial charge < -0.3 is 14.8 Å². The number of ether oxygens (including phenoxy) is 2. The Hall–Kier alpha value is -2.53. The molecule has 3 rings (SSSR count). The van der Waals surface area contributed by atoms with Gasteiger partial charge in [-0.15, -0.1) is 0 Å². The summed E-state index contributed by atoms with van der Waals surface area (Å²) < 4.78 is 11.0. The van der Waals surface area contributed by atoms with Crippen molar-refractivity contribution in [1.82, 2.24) is 4.90 Å². The summed E-state index contributed by atoms with van der Waals surface area (Å²) in [6.45, 7) is 7.40. The highest BCUT2D eigenvalue weighted by molar-refractivity contribution is 5.93. The summed E-state index contributed by atoms with van der Waals surface area (Å²) in [5, 5.41) is 3.12. The van der Waals surface area contributed by atoms with E-state index in [1.54, 1.807) is 14.2 Å². The SMILES string of the molecule is COc1ccc(OC)c(C2CCCN2CC(=O)Nc2c(C)cc(C)cc2C)c1. The van der Waals surface area contributed by atoms with Crippen LogP contribution >= 0.6 is 0 Å². The lowest BCUT2D eigenvalue weighted by molar-refractivity contribution is -0.117. The van der Waals surface area contributed by atoms with Crippen LogP contribution in [0.4, 0.5) is 5.69 Å². The van der Waals surface area contributed by atoms with E-state index >= 15 is 0 Å². The normalized spacial score (nSPS) is 16.8. The molecule has 1 N–H and O–H groups in total. The highest BCUT2D eigenvalue weighted by Crippen LogP contribution is 2.38. The van der Waals surface area contributed by atoms with Crippen LogP contribution in [-0.4, -0.2) is 38.1 Å². The molecule has 0 aliphatic carbocycles. The van der Waals surface area contributed by atoms with Crippen LogP contribution in [0.25, 0.3) is 0 Å². The Balaban J connectivity index is 1.76. The predicted molar refractivity (Wildman–Crippen MR) is 112 cm³/mol. The summed E-state index contributed by atoms with van der Waals surface area (Å²) in [5.74, 6) is 1.66. The zero-order valence-corrected chi connectivity index (χ0v) is 17.5. The standard InChI is InChI=1S/C23H30N2O3/c1-15-11-16(2)23(17(3)12-15)24-22(26)14-25-10-6-7-20(25)19-13-18(27-4)8-9-21(19)28-5/h8-9,11-13,20H,6-7,10,14H2,1-5H3,(H,24,26). The number of aryl methyl sites for hydroxylation is 3. The van der Waals surface area contributed by atoms with E-state index in [4.69, 9.17) is 9.47 Å². The van der Waals surface area contributed by atoms with Crippen molar-refractivity contribution in [3.05, 3.63) is 52.6 Å². The summed E-state index contributed by atoms with van der Waals surface area (Å²) in [6, 6.07) is 10.2. The summed E-state index contributed by atoms with van der Waals surface area (Å²) >= 11 is 0. The minimum absolute atomic E-state index is 0.0174. The molecular formula is C23H30N2O3. The molecule has 1 atom stereocenters. The van der Waals surface area contributed by atoms with E-state index in [0.29, 0.717) is 6.54 Å². The van der Waals surface area contributed by atoms with E-state index in [2.05, 4.69) is 29.3 Å². The lowest BCUT2D eigenvalue weighted by Crippen LogP contribution is -2.33. The van der Waals surface area contributed by atoms with Gasteiger partial charge >= 0.3 is 0 Å². The molecule has 0 spiro atoms. The van der Waals surface area contributed by atoms with E-state index in [0.717, 1.165) is 53.3 Å². The van der Waals surface area contributed by atoms with Crippen LogP contribution in [0.1, 0.15) is 41.1 Å². The van der Waals surface area contributed by atoms with Crippen LogP contribution in [0.2, 0.25) is 0 Å². The van der Waals surface area contributed by atoms with Gasteiger partial charge in [0.25, 0.3) is 0 Å². The molecule has 1 unspecified atom stereocenters. The number of rotatable bonds is 6. The number of methoxy groups -OCH3 is 2. The molecule has 150 valence electrons. The van der Waals surface area contributed by atoms with Crippen molar-refractivity contribution >= 4 is 11.6 Å². The maximum atomic E-state index is 12.8. The first-order valence-corrected chi connectivity index (χ1v) is 9.76. The fourth-order valence-corrected chi connectivity index (χ4v) is 4.21. The molecular weight excluding hydrogens is 352 g/mol. The monoisotopic (exact) mass is 382 g/mol. The zero-order valence-electron chi connectivity index (χ0n) is 17.5. The molecule has 5 nitrogen and oxygen atoms in total. The molecule has 0 radical (unpaired) electrons. The number of benzene rings is 2. The van der Waals surface area contributed by atoms with Crippen molar-refractivity contribution in [2.24, 2.45) is 0 Å². The Bertz CT molecular complexity index is 840. The molecule has 1 aliphatic rings. The second-order valence-corrected chi connectivity index (χ2v) is 7.56. The molecule has 1 fully saturated rings. The first-order chi connectivity index (χ1) is 13.4. The van der Waals surface area contributed by atoms with Crippen molar-refractivity contribution in [2.75, 3.05) is 32.6 Å². The number of carbonyl (C=O) groups excluding carboxylic acids is 1. The number of likely N-dealkylation sites (tertiary alicyclic amines) is 1. The van der Waals surface area contributed by atoms with Gasteiger partial charge in [-0.1, -0.05) is 17.7 Å². The summed E-state index contributed by atoms with van der Waals surface area (Å²) in [4.78, 5) is 15.0. The van der Waals surface area contributed by atoms with Crippen LogP contribution < -0.4 is 14.8 Å². The Kier molecular flexibility index (Phi) is 6.25. The first-order valence-electron chi connectivity index (χ1n) is 9.76. The number of nitrogens with one attached hydrogen (secondary N) is 1. The summed E-state index contributed by atoms with van der Waals surface area (Å²) in [5.41, 5.74) is 5.40. The van der Waals surface area contributed by atoms with E-state index in [1.807, 2.05) is 32.0 Å². The molecule has 1 heterocycles. The molecule has 2 aromatic carbocycles. The fraction of sp³-hybridized carbons (Fsp3) is 0.435. The Labute approximate surface area is 167 Å². The van der Waals surface area contributed by atoms with Crippen molar-refractivity contribution in [2.45, 2.75) is 39.7 Å². The lowest BCUT2D eigenvalue weighted by atomic mass is 10.0. The molecule has 0 aromatic heterocycles. The van der Waals surface area contributed by atoms with Gasteiger partial charge in [0.1, 0.15) is 11.5 Å². The third-order valence-electron chi connectivity index (χ3n) is 5.45. The van der Waals surface area contributed by atoms with Gasteiger partial charge in [-0.05, 0) is 69.5 Å². The number of hydrogen-bond acceptors (Lipinski definition) is 4. The summed E-state index contributed by atoms with van der Waals surface area (Å²) in [7, 11) is 3.35. The van der Waals surface area contributed by atoms with Crippen molar-refractivity contribution in [1.29, 1.82) is 0 Å². The molecule has 1 amide bonds.